The van der Waals surface area contributed by atoms with E-state index in [1.807, 2.05) is 58.2 Å². The molecule has 0 unspecified atom stereocenters. The maximum atomic E-state index is 11.7. The van der Waals surface area contributed by atoms with Crippen LogP contribution in [0.4, 0.5) is 0 Å². The number of carbonyl (C=O) groups excluding carboxylic acids is 1. The maximum absolute atomic E-state index is 11.7. The van der Waals surface area contributed by atoms with E-state index in [9.17, 15) is 9.90 Å². The van der Waals surface area contributed by atoms with Gasteiger partial charge in [-0.3, -0.25) is 4.79 Å². The van der Waals surface area contributed by atoms with Gasteiger partial charge in [0.15, 0.2) is 5.78 Å². The summed E-state index contributed by atoms with van der Waals surface area (Å²) in [7, 11) is -2.22. The van der Waals surface area contributed by atoms with Crippen LogP contribution in [0, 0.1) is 23.3 Å². The van der Waals surface area contributed by atoms with Gasteiger partial charge in [0.25, 0.3) is 8.32 Å². The van der Waals surface area contributed by atoms with Gasteiger partial charge in [-0.1, -0.05) is 95.8 Å². The third-order valence-electron chi connectivity index (χ3n) is 9.68. The van der Waals surface area contributed by atoms with E-state index in [0.717, 1.165) is 76.6 Å². The van der Waals surface area contributed by atoms with Crippen molar-refractivity contribution in [3.05, 3.63) is 90.3 Å². The molecule has 7 heteroatoms. The number of ketones is 1. The second kappa shape index (κ2) is 16.2. The molecule has 0 atom stereocenters. The number of benzene rings is 3. The van der Waals surface area contributed by atoms with Gasteiger partial charge in [-0.25, -0.2) is 0 Å². The van der Waals surface area contributed by atoms with Crippen LogP contribution in [0.3, 0.4) is 0 Å². The van der Waals surface area contributed by atoms with Crippen molar-refractivity contribution in [3.63, 3.8) is 0 Å². The minimum atomic E-state index is -2.22. The molecule has 3 heterocycles. The SMILES string of the molecule is CC(C)(C)Cc1ccc2c(c1)[Si](C)(C)Oc1c-2ccnc1-c1[c-]ccc2c1oc1ccccc12.CCC(CC)C(=O)/C=C(\O)C(CC)CC.[Ir]. The summed E-state index contributed by atoms with van der Waals surface area (Å²) in [5.74, 6) is 1.39. The Morgan fingerprint density at radius 3 is 2.26 bits per heavy atom. The second-order valence-electron chi connectivity index (χ2n) is 15.0. The van der Waals surface area contributed by atoms with E-state index < -0.39 is 8.32 Å². The van der Waals surface area contributed by atoms with E-state index in [4.69, 9.17) is 13.8 Å². The predicted molar refractivity (Wildman–Crippen MR) is 206 cm³/mol. The molecule has 0 saturated carbocycles. The van der Waals surface area contributed by atoms with Crippen molar-refractivity contribution in [1.29, 1.82) is 0 Å². The van der Waals surface area contributed by atoms with Crippen LogP contribution in [0.1, 0.15) is 79.7 Å². The summed E-state index contributed by atoms with van der Waals surface area (Å²) in [6.07, 6.45) is 7.82. The van der Waals surface area contributed by atoms with E-state index in [1.54, 1.807) is 0 Å². The molecule has 50 heavy (non-hydrogen) atoms. The van der Waals surface area contributed by atoms with Crippen molar-refractivity contribution in [2.24, 2.45) is 17.3 Å². The number of aliphatic hydroxyl groups excluding tert-OH is 1. The molecule has 5 nitrogen and oxygen atoms in total. The zero-order valence-electron chi connectivity index (χ0n) is 31.1. The molecule has 1 radical (unpaired) electrons. The first-order valence-corrected chi connectivity index (χ1v) is 20.8. The Morgan fingerprint density at radius 2 is 1.60 bits per heavy atom. The average molecular weight is 867 g/mol. The summed E-state index contributed by atoms with van der Waals surface area (Å²) in [6, 6.07) is 24.6. The monoisotopic (exact) mass is 867 g/mol. The Bertz CT molecular complexity index is 1980. The van der Waals surface area contributed by atoms with E-state index >= 15 is 0 Å². The van der Waals surface area contributed by atoms with E-state index in [-0.39, 0.29) is 48.9 Å². The van der Waals surface area contributed by atoms with Crippen LogP contribution in [-0.4, -0.2) is 24.2 Å². The Labute approximate surface area is 313 Å². The van der Waals surface area contributed by atoms with Crippen molar-refractivity contribution in [2.45, 2.75) is 93.7 Å². The number of rotatable bonds is 9. The number of para-hydroxylation sites is 1. The van der Waals surface area contributed by atoms with Crippen LogP contribution < -0.4 is 9.61 Å². The van der Waals surface area contributed by atoms with Crippen LogP contribution in [0.2, 0.25) is 13.1 Å². The van der Waals surface area contributed by atoms with Gasteiger partial charge in [-0.15, -0.1) is 18.2 Å². The van der Waals surface area contributed by atoms with Crippen molar-refractivity contribution in [3.8, 4) is 28.1 Å². The first-order valence-electron chi connectivity index (χ1n) is 17.9. The van der Waals surface area contributed by atoms with Crippen LogP contribution in [0.15, 0.2) is 83.1 Å². The molecule has 2 aromatic heterocycles. The molecule has 0 aliphatic carbocycles. The van der Waals surface area contributed by atoms with Crippen LogP contribution >= 0.6 is 0 Å². The molecule has 0 saturated heterocycles. The molecule has 0 fully saturated rings. The molecular weight excluding hydrogens is 815 g/mol. The molecule has 0 bridgehead atoms. The topological polar surface area (TPSA) is 72.6 Å². The van der Waals surface area contributed by atoms with Gasteiger partial charge >= 0.3 is 0 Å². The average Bonchev–Trinajstić information content (AvgIpc) is 3.44. The number of pyridine rings is 1. The third kappa shape index (κ3) is 8.33. The number of hydrogen-bond donors (Lipinski definition) is 1. The molecular formula is C43H52IrNO4Si-. The zero-order chi connectivity index (χ0) is 35.5. The summed E-state index contributed by atoms with van der Waals surface area (Å²) < 4.78 is 13.2. The molecule has 3 aromatic carbocycles. The summed E-state index contributed by atoms with van der Waals surface area (Å²) in [5.41, 5.74) is 7.29. The number of hydrogen-bond acceptors (Lipinski definition) is 5. The zero-order valence-corrected chi connectivity index (χ0v) is 34.5. The van der Waals surface area contributed by atoms with Gasteiger partial charge < -0.3 is 18.9 Å². The Morgan fingerprint density at radius 1 is 0.920 bits per heavy atom. The molecule has 1 N–H and O–H groups in total. The van der Waals surface area contributed by atoms with E-state index in [1.165, 1.54) is 22.4 Å². The number of aromatic nitrogens is 1. The summed E-state index contributed by atoms with van der Waals surface area (Å²) in [4.78, 5) is 16.5. The number of nitrogens with zero attached hydrogens (tertiary/aromatic N) is 1. The Hall–Kier alpha value is -3.51. The molecule has 1 aliphatic heterocycles. The van der Waals surface area contributed by atoms with Gasteiger partial charge in [0.1, 0.15) is 5.58 Å². The molecule has 0 spiro atoms. The summed E-state index contributed by atoms with van der Waals surface area (Å²) in [6.45, 7) is 19.5. The molecule has 267 valence electrons. The first kappa shape index (κ1) is 39.3. The second-order valence-corrected chi connectivity index (χ2v) is 18.7. The normalized spacial score (nSPS) is 13.7. The number of aliphatic hydroxyl groups is 1. The third-order valence-corrected chi connectivity index (χ3v) is 12.1. The maximum Gasteiger partial charge on any atom is 0.276 e. The van der Waals surface area contributed by atoms with Crippen molar-refractivity contribution < 1.29 is 38.8 Å². The molecule has 0 amide bonds. The minimum Gasteiger partial charge on any atom is -0.544 e. The smallest absolute Gasteiger partial charge is 0.276 e. The van der Waals surface area contributed by atoms with Crippen LogP contribution in [0.5, 0.6) is 5.75 Å². The van der Waals surface area contributed by atoms with Gasteiger partial charge in [-0.2, -0.15) is 0 Å². The molecule has 5 aromatic rings. The fourth-order valence-electron chi connectivity index (χ4n) is 6.94. The van der Waals surface area contributed by atoms with Crippen molar-refractivity contribution in [1.82, 2.24) is 4.98 Å². The fourth-order valence-corrected chi connectivity index (χ4v) is 9.17. The van der Waals surface area contributed by atoms with Crippen molar-refractivity contribution in [2.75, 3.05) is 0 Å². The predicted octanol–water partition coefficient (Wildman–Crippen LogP) is 11.4. The quantitative estimate of drug-likeness (QED) is 0.0691. The largest absolute Gasteiger partial charge is 0.544 e. The standard InChI is InChI=1S/C30H28NO2Si.C13H24O2.Ir/c1-30(2,3)18-19-13-14-21-23-15-16-31-27(29(23)33-34(4,5)26(21)17-19)24-11-8-10-22-20-9-6-7-12-25(20)32-28(22)24;1-5-10(6-2)12(14)9-13(15)11(7-3)8-4;/h6-10,12-17H,18H2,1-5H3;9-11,14H,5-8H2,1-4H3;/q-1;;/b;12-9-;. The van der Waals surface area contributed by atoms with Gasteiger partial charge in [0, 0.05) is 60.9 Å². The minimum absolute atomic E-state index is 0. The summed E-state index contributed by atoms with van der Waals surface area (Å²) in [5, 5.41) is 13.3. The van der Waals surface area contributed by atoms with Crippen LogP contribution in [-0.2, 0) is 31.3 Å². The number of fused-ring (bicyclic) bond motifs is 6. The first-order chi connectivity index (χ1) is 23.3. The van der Waals surface area contributed by atoms with E-state index in [0.29, 0.717) is 0 Å². The van der Waals surface area contributed by atoms with E-state index in [2.05, 4.69) is 76.3 Å². The number of furan rings is 1. The Balaban J connectivity index is 0.000000301. The number of allylic oxidation sites excluding steroid dienone is 2. The summed E-state index contributed by atoms with van der Waals surface area (Å²) >= 11 is 0. The van der Waals surface area contributed by atoms with Crippen LogP contribution in [0.25, 0.3) is 44.3 Å². The Kier molecular flexibility index (Phi) is 12.7. The van der Waals surface area contributed by atoms with Gasteiger partial charge in [0.05, 0.1) is 17.1 Å². The van der Waals surface area contributed by atoms with Crippen molar-refractivity contribution >= 4 is 41.2 Å². The van der Waals surface area contributed by atoms with Gasteiger partial charge in [-0.05, 0) is 79.1 Å². The molecule has 1 aliphatic rings. The molecule has 6 rings (SSSR count). The number of carbonyl (C=O) groups is 1. The van der Waals surface area contributed by atoms with Gasteiger partial charge in [0.2, 0.25) is 0 Å². The fraction of sp³-hybridized carbons (Fsp3) is 0.395.